The molecule has 2 N–H and O–H groups in total. The Kier molecular flexibility index (Phi) is 3.87. The van der Waals surface area contributed by atoms with Crippen molar-refractivity contribution in [1.82, 2.24) is 0 Å². The first kappa shape index (κ1) is 14.0. The molecule has 1 rings (SSSR count). The lowest BCUT2D eigenvalue weighted by Gasteiger charge is -2.26. The van der Waals surface area contributed by atoms with Crippen LogP contribution in [0.15, 0.2) is 18.2 Å². The Morgan fingerprint density at radius 3 is 2.24 bits per heavy atom. The van der Waals surface area contributed by atoms with Gasteiger partial charge in [0, 0.05) is 0 Å². The maximum atomic E-state index is 12.8. The van der Waals surface area contributed by atoms with Crippen LogP contribution in [0.1, 0.15) is 37.0 Å². The van der Waals surface area contributed by atoms with Crippen LogP contribution in [0, 0.1) is 6.92 Å². The molecule has 0 spiro atoms. The minimum absolute atomic E-state index is 0.254. The topological polar surface area (TPSA) is 26.0 Å². The molecule has 0 unspecified atom stereocenters. The smallest absolute Gasteiger partial charge is 0.330 e. The highest BCUT2D eigenvalue weighted by molar-refractivity contribution is 5.36. The number of halogens is 3. The van der Waals surface area contributed by atoms with Gasteiger partial charge in [-0.25, -0.2) is 0 Å². The molecule has 0 fully saturated rings. The fraction of sp³-hybridized carbons (Fsp3) is 0.538. The Morgan fingerprint density at radius 1 is 1.18 bits per heavy atom. The van der Waals surface area contributed by atoms with Gasteiger partial charge in [-0.2, -0.15) is 13.2 Å². The quantitative estimate of drug-likeness (QED) is 0.864. The van der Waals surface area contributed by atoms with Gasteiger partial charge >= 0.3 is 6.18 Å². The van der Waals surface area contributed by atoms with E-state index in [0.717, 1.165) is 0 Å². The van der Waals surface area contributed by atoms with E-state index >= 15 is 0 Å². The summed E-state index contributed by atoms with van der Waals surface area (Å²) in [6.45, 7) is 5.75. The summed E-state index contributed by atoms with van der Waals surface area (Å²) in [7, 11) is 0. The highest BCUT2D eigenvalue weighted by Gasteiger charge is 2.33. The molecule has 1 aromatic carbocycles. The molecule has 0 aliphatic carbocycles. The minimum Gasteiger partial charge on any atom is -0.330 e. The van der Waals surface area contributed by atoms with Gasteiger partial charge in [0.15, 0.2) is 0 Å². The van der Waals surface area contributed by atoms with E-state index in [1.807, 2.05) is 13.8 Å². The molecular formula is C13H18F3N. The monoisotopic (exact) mass is 245 g/mol. The van der Waals surface area contributed by atoms with Crippen LogP contribution in [-0.2, 0) is 11.6 Å². The molecule has 0 bridgehead atoms. The van der Waals surface area contributed by atoms with E-state index in [2.05, 4.69) is 0 Å². The number of hydrogen-bond acceptors (Lipinski definition) is 1. The zero-order chi connectivity index (χ0) is 13.3. The molecule has 0 atom stereocenters. The van der Waals surface area contributed by atoms with Crippen LogP contribution in [0.2, 0.25) is 0 Å². The van der Waals surface area contributed by atoms with E-state index in [1.165, 1.54) is 19.1 Å². The van der Waals surface area contributed by atoms with Gasteiger partial charge in [-0.05, 0) is 42.5 Å². The van der Waals surface area contributed by atoms with Gasteiger partial charge in [0.1, 0.15) is 0 Å². The summed E-state index contributed by atoms with van der Waals surface area (Å²) in [5, 5.41) is 0. The third-order valence-electron chi connectivity index (χ3n) is 3.09. The summed E-state index contributed by atoms with van der Waals surface area (Å²) in [6, 6.07) is 4.52. The summed E-state index contributed by atoms with van der Waals surface area (Å²) in [4.78, 5) is 0. The average Bonchev–Trinajstić information content (AvgIpc) is 2.15. The Labute approximate surface area is 99.8 Å². The third kappa shape index (κ3) is 3.22. The lowest BCUT2D eigenvalue weighted by Crippen LogP contribution is -2.22. The van der Waals surface area contributed by atoms with Crippen molar-refractivity contribution >= 4 is 0 Å². The number of alkyl halides is 3. The molecule has 4 heteroatoms. The third-order valence-corrected chi connectivity index (χ3v) is 3.09. The highest BCUT2D eigenvalue weighted by Crippen LogP contribution is 2.35. The second-order valence-electron chi connectivity index (χ2n) is 4.95. The van der Waals surface area contributed by atoms with Crippen molar-refractivity contribution in [3.63, 3.8) is 0 Å². The van der Waals surface area contributed by atoms with Gasteiger partial charge in [0.2, 0.25) is 0 Å². The molecular weight excluding hydrogens is 227 g/mol. The number of nitrogens with two attached hydrogens (primary N) is 1. The number of hydrogen-bond donors (Lipinski definition) is 1. The Hall–Kier alpha value is -1.03. The largest absolute Gasteiger partial charge is 0.416 e. The summed E-state index contributed by atoms with van der Waals surface area (Å²) < 4.78 is 38.3. The van der Waals surface area contributed by atoms with Crippen molar-refractivity contribution < 1.29 is 13.2 Å². The Bertz CT molecular complexity index is 394. The standard InChI is InChI=1S/C13H18F3N/c1-9-4-5-10(12(2,3)6-7-17)8-11(9)13(14,15)16/h4-5,8H,6-7,17H2,1-3H3. The molecule has 17 heavy (non-hydrogen) atoms. The van der Waals surface area contributed by atoms with Crippen LogP contribution >= 0.6 is 0 Å². The summed E-state index contributed by atoms with van der Waals surface area (Å²) >= 11 is 0. The number of benzene rings is 1. The Balaban J connectivity index is 3.22. The highest BCUT2D eigenvalue weighted by atomic mass is 19.4. The van der Waals surface area contributed by atoms with Gasteiger partial charge in [0.05, 0.1) is 5.56 Å². The molecule has 0 radical (unpaired) electrons. The first-order chi connectivity index (χ1) is 7.68. The van der Waals surface area contributed by atoms with Crippen molar-refractivity contribution in [3.05, 3.63) is 34.9 Å². The maximum absolute atomic E-state index is 12.8. The molecule has 0 aliphatic rings. The fourth-order valence-corrected chi connectivity index (χ4v) is 1.85. The summed E-state index contributed by atoms with van der Waals surface area (Å²) in [5.74, 6) is 0. The fourth-order valence-electron chi connectivity index (χ4n) is 1.85. The zero-order valence-corrected chi connectivity index (χ0v) is 10.4. The van der Waals surface area contributed by atoms with Gasteiger partial charge in [-0.1, -0.05) is 26.0 Å². The predicted octanol–water partition coefficient (Wildman–Crippen LogP) is 3.64. The van der Waals surface area contributed by atoms with Gasteiger partial charge in [-0.15, -0.1) is 0 Å². The maximum Gasteiger partial charge on any atom is 0.416 e. The second kappa shape index (κ2) is 4.69. The average molecular weight is 245 g/mol. The normalized spacial score (nSPS) is 12.9. The molecule has 1 aromatic rings. The minimum atomic E-state index is -4.29. The lowest BCUT2D eigenvalue weighted by molar-refractivity contribution is -0.138. The molecule has 0 saturated heterocycles. The van der Waals surface area contributed by atoms with Crippen LogP contribution in [0.3, 0.4) is 0 Å². The van der Waals surface area contributed by atoms with E-state index < -0.39 is 11.7 Å². The summed E-state index contributed by atoms with van der Waals surface area (Å²) in [6.07, 6.45) is -3.63. The van der Waals surface area contributed by atoms with Crippen LogP contribution < -0.4 is 5.73 Å². The number of aryl methyl sites for hydroxylation is 1. The SMILES string of the molecule is Cc1ccc(C(C)(C)CCN)cc1C(F)(F)F. The van der Waals surface area contributed by atoms with Crippen molar-refractivity contribution in [1.29, 1.82) is 0 Å². The number of rotatable bonds is 3. The second-order valence-corrected chi connectivity index (χ2v) is 4.95. The van der Waals surface area contributed by atoms with Crippen LogP contribution in [0.25, 0.3) is 0 Å². The van der Waals surface area contributed by atoms with E-state index in [4.69, 9.17) is 5.73 Å². The van der Waals surface area contributed by atoms with E-state index in [0.29, 0.717) is 18.5 Å². The molecule has 0 aliphatic heterocycles. The lowest BCUT2D eigenvalue weighted by atomic mass is 9.80. The summed E-state index contributed by atoms with van der Waals surface area (Å²) in [5.41, 5.74) is 5.53. The van der Waals surface area contributed by atoms with Crippen molar-refractivity contribution in [3.8, 4) is 0 Å². The van der Waals surface area contributed by atoms with E-state index in [1.54, 1.807) is 6.07 Å². The Morgan fingerprint density at radius 2 is 1.76 bits per heavy atom. The van der Waals surface area contributed by atoms with Crippen molar-refractivity contribution in [2.24, 2.45) is 5.73 Å². The van der Waals surface area contributed by atoms with Gasteiger partial charge < -0.3 is 5.73 Å². The van der Waals surface area contributed by atoms with Crippen molar-refractivity contribution in [2.75, 3.05) is 6.54 Å². The zero-order valence-electron chi connectivity index (χ0n) is 10.4. The molecule has 0 amide bonds. The molecule has 0 heterocycles. The first-order valence-electron chi connectivity index (χ1n) is 5.57. The molecule has 1 nitrogen and oxygen atoms in total. The van der Waals surface area contributed by atoms with Gasteiger partial charge in [0.25, 0.3) is 0 Å². The van der Waals surface area contributed by atoms with Crippen LogP contribution in [0.4, 0.5) is 13.2 Å². The first-order valence-corrected chi connectivity index (χ1v) is 5.57. The van der Waals surface area contributed by atoms with Crippen LogP contribution in [0.5, 0.6) is 0 Å². The van der Waals surface area contributed by atoms with E-state index in [9.17, 15) is 13.2 Å². The van der Waals surface area contributed by atoms with Gasteiger partial charge in [-0.3, -0.25) is 0 Å². The van der Waals surface area contributed by atoms with Crippen molar-refractivity contribution in [2.45, 2.75) is 38.8 Å². The van der Waals surface area contributed by atoms with E-state index in [-0.39, 0.29) is 11.0 Å². The predicted molar refractivity (Wildman–Crippen MR) is 62.9 cm³/mol. The van der Waals surface area contributed by atoms with Crippen LogP contribution in [-0.4, -0.2) is 6.54 Å². The molecule has 96 valence electrons. The molecule has 0 saturated carbocycles. The molecule has 0 aromatic heterocycles.